The summed E-state index contributed by atoms with van der Waals surface area (Å²) in [6.07, 6.45) is 2.05. The quantitative estimate of drug-likeness (QED) is 0.0728. The van der Waals surface area contributed by atoms with Crippen molar-refractivity contribution in [3.8, 4) is 11.1 Å². The second kappa shape index (κ2) is 14.8. The van der Waals surface area contributed by atoms with Crippen LogP contribution in [0.15, 0.2) is 60.7 Å². The molecule has 0 aliphatic heterocycles. The van der Waals surface area contributed by atoms with Crippen molar-refractivity contribution in [2.45, 2.75) is 66.0 Å². The number of aliphatic carboxylic acids is 1. The van der Waals surface area contributed by atoms with Crippen LogP contribution in [0.4, 0.5) is 9.80 Å². The van der Waals surface area contributed by atoms with E-state index in [9.17, 15) is 27.9 Å². The minimum Gasteiger partial charge on any atom is -0.480 e. The molecule has 1 unspecified atom stereocenters. The summed E-state index contributed by atoms with van der Waals surface area (Å²) >= 11 is 1.27. The van der Waals surface area contributed by atoms with Crippen LogP contribution < -0.4 is 10.0 Å². The minimum atomic E-state index is -4.42. The number of nitrogens with one attached hydrogen (secondary N) is 2. The van der Waals surface area contributed by atoms with Crippen LogP contribution >= 0.6 is 11.3 Å². The van der Waals surface area contributed by atoms with Gasteiger partial charge in [0.25, 0.3) is 0 Å². The van der Waals surface area contributed by atoms with E-state index in [2.05, 4.69) is 23.9 Å². The first-order chi connectivity index (χ1) is 20.3. The Labute approximate surface area is 257 Å². The van der Waals surface area contributed by atoms with Gasteiger partial charge in [-0.3, -0.25) is 14.8 Å². The van der Waals surface area contributed by atoms with Crippen LogP contribution in [0, 0.1) is 11.8 Å². The molecule has 0 aliphatic carbocycles. The van der Waals surface area contributed by atoms with Crippen molar-refractivity contribution >= 4 is 43.4 Å². The summed E-state index contributed by atoms with van der Waals surface area (Å²) in [6, 6.07) is 17.4. The maximum absolute atomic E-state index is 13.4. The zero-order chi connectivity index (χ0) is 31.8. The second-order valence-electron chi connectivity index (χ2n) is 11.1. The number of sulfonamides is 1. The van der Waals surface area contributed by atoms with Crippen LogP contribution in [0.1, 0.15) is 68.3 Å². The molecule has 0 fully saturated rings. The normalized spacial score (nSPS) is 13.1. The van der Waals surface area contributed by atoms with Gasteiger partial charge in [-0.2, -0.15) is 8.42 Å². The van der Waals surface area contributed by atoms with E-state index in [1.165, 1.54) is 11.3 Å². The van der Waals surface area contributed by atoms with Gasteiger partial charge in [0.1, 0.15) is 5.00 Å². The third-order valence-electron chi connectivity index (χ3n) is 6.99. The van der Waals surface area contributed by atoms with Gasteiger partial charge in [0.15, 0.2) is 11.3 Å². The van der Waals surface area contributed by atoms with Crippen LogP contribution in [0.3, 0.4) is 0 Å². The topological polar surface area (TPSA) is 139 Å². The van der Waals surface area contributed by atoms with Crippen LogP contribution in [-0.2, 0) is 32.5 Å². The highest BCUT2D eigenvalue weighted by Crippen LogP contribution is 2.38. The number of carbonyl (C=O) groups excluding carboxylic acids is 2. The van der Waals surface area contributed by atoms with E-state index in [1.54, 1.807) is 68.4 Å². The molecule has 0 saturated heterocycles. The zero-order valence-electron chi connectivity index (χ0n) is 25.2. The summed E-state index contributed by atoms with van der Waals surface area (Å²) in [5, 5.41) is 12.2. The van der Waals surface area contributed by atoms with Gasteiger partial charge in [-0.15, -0.1) is 11.3 Å². The fourth-order valence-corrected chi connectivity index (χ4v) is 6.92. The molecule has 3 rings (SSSR count). The smallest absolute Gasteiger partial charge is 0.445 e. The molecule has 0 bridgehead atoms. The Balaban J connectivity index is 1.87. The number of anilines is 1. The minimum absolute atomic E-state index is 0.0263. The lowest BCUT2D eigenvalue weighted by Crippen LogP contribution is -2.61. The van der Waals surface area contributed by atoms with E-state index in [0.717, 1.165) is 23.3 Å². The molecule has 0 radical (unpaired) electrons. The first-order valence-corrected chi connectivity index (χ1v) is 16.6. The predicted molar refractivity (Wildman–Crippen MR) is 170 cm³/mol. The number of carboxylic acid groups (broad SMARTS) is 1. The number of rotatable bonds is 15. The number of hydrogen-bond acceptors (Lipinski definition) is 8. The molecule has 1 heterocycles. The lowest BCUT2D eigenvalue weighted by Gasteiger charge is -2.33. The summed E-state index contributed by atoms with van der Waals surface area (Å²) in [5.74, 6) is -1.99. The summed E-state index contributed by atoms with van der Waals surface area (Å²) < 4.78 is 32.8. The highest BCUT2D eigenvalue weighted by Gasteiger charge is 2.48. The molecule has 9 nitrogen and oxygen atoms in total. The van der Waals surface area contributed by atoms with Crippen molar-refractivity contribution in [1.29, 1.82) is 0 Å². The number of thiophene rings is 1. The molecular formula is C32H40N2O7S2. The highest BCUT2D eigenvalue weighted by molar-refractivity contribution is 8.07. The van der Waals surface area contributed by atoms with Crippen molar-refractivity contribution in [2.75, 3.05) is 11.3 Å². The third-order valence-corrected chi connectivity index (χ3v) is 9.22. The Kier molecular flexibility index (Phi) is 11.7. The molecule has 3 aromatic rings. The Hall–Kier alpha value is -3.54. The maximum atomic E-state index is 13.4. The van der Waals surface area contributed by atoms with E-state index < -0.39 is 38.5 Å². The van der Waals surface area contributed by atoms with Crippen LogP contribution in [0.5, 0.6) is 0 Å². The fourth-order valence-electron chi connectivity index (χ4n) is 4.60. The van der Waals surface area contributed by atoms with Gasteiger partial charge in [0.2, 0.25) is 0 Å². The molecule has 2 aromatic carbocycles. The molecular weight excluding hydrogens is 588 g/mol. The average Bonchev–Trinajstić information content (AvgIpc) is 3.34. The van der Waals surface area contributed by atoms with Gasteiger partial charge in [0.05, 0.1) is 6.61 Å². The summed E-state index contributed by atoms with van der Waals surface area (Å²) in [7, 11) is -4.42. The Morgan fingerprint density at radius 3 is 2.21 bits per heavy atom. The molecule has 3 N–H and O–H groups in total. The predicted octanol–water partition coefficient (Wildman–Crippen LogP) is 6.74. The highest BCUT2D eigenvalue weighted by atomic mass is 32.2. The molecule has 0 saturated carbocycles. The van der Waals surface area contributed by atoms with Crippen LogP contribution in [0.25, 0.3) is 11.1 Å². The van der Waals surface area contributed by atoms with Gasteiger partial charge in [-0.05, 0) is 41.9 Å². The molecule has 1 atom stereocenters. The van der Waals surface area contributed by atoms with Gasteiger partial charge < -0.3 is 9.84 Å². The van der Waals surface area contributed by atoms with Crippen molar-refractivity contribution in [2.24, 2.45) is 11.8 Å². The standard InChI is InChI=1S/C32H40N2O7S2/c1-6-7-17-41-31(38)43(39,40)34-29-27(19-26(42-29)18-21(2)3)24-15-13-23(14-16-24)20-33-32(22(4)5,30(36)37)28(35)25-11-9-8-10-12-25/h8-16,19,21-22,33-34H,6-7,17-18,20H2,1-5H3,(H,36,37). The second-order valence-corrected chi connectivity index (χ2v) is 13.8. The summed E-state index contributed by atoms with van der Waals surface area (Å²) in [6.45, 7) is 9.55. The van der Waals surface area contributed by atoms with Crippen LogP contribution in [0.2, 0.25) is 0 Å². The largest absolute Gasteiger partial charge is 0.480 e. The lowest BCUT2D eigenvalue weighted by atomic mass is 9.79. The molecule has 0 amide bonds. The van der Waals surface area contributed by atoms with Crippen molar-refractivity contribution in [3.63, 3.8) is 0 Å². The van der Waals surface area contributed by atoms with Crippen LogP contribution in [-0.4, -0.2) is 42.7 Å². The van der Waals surface area contributed by atoms with Crippen molar-refractivity contribution in [1.82, 2.24) is 5.32 Å². The number of Topliss-reactive ketones (excluding diaryl/α,β-unsaturated/α-hetero) is 1. The molecule has 232 valence electrons. The average molecular weight is 629 g/mol. The first-order valence-electron chi connectivity index (χ1n) is 14.3. The maximum Gasteiger partial charge on any atom is 0.445 e. The SMILES string of the molecule is CCCCOC(=O)S(=O)(=O)Nc1sc(CC(C)C)cc1-c1ccc(CNC(C(=O)O)(C(=O)c2ccccc2)C(C)C)cc1. The third kappa shape index (κ3) is 8.31. The first kappa shape index (κ1) is 34.0. The Morgan fingerprint density at radius 2 is 1.65 bits per heavy atom. The van der Waals surface area contributed by atoms with Crippen molar-refractivity contribution < 1.29 is 32.6 Å². The lowest BCUT2D eigenvalue weighted by molar-refractivity contribution is -0.144. The number of ketones is 1. The Morgan fingerprint density at radius 1 is 1.00 bits per heavy atom. The van der Waals surface area contributed by atoms with Gasteiger partial charge in [-0.25, -0.2) is 9.59 Å². The van der Waals surface area contributed by atoms with E-state index in [0.29, 0.717) is 34.0 Å². The molecule has 11 heteroatoms. The fraction of sp³-hybridized carbons (Fsp3) is 0.406. The number of carbonyl (C=O) groups is 3. The number of hydrogen-bond donors (Lipinski definition) is 3. The number of ether oxygens (including phenoxy) is 1. The zero-order valence-corrected chi connectivity index (χ0v) is 26.8. The molecule has 43 heavy (non-hydrogen) atoms. The number of unbranched alkanes of at least 4 members (excludes halogenated alkanes) is 1. The van der Waals surface area contributed by atoms with E-state index in [-0.39, 0.29) is 13.2 Å². The Bertz CT molecular complexity index is 1510. The molecule has 0 aliphatic rings. The van der Waals surface area contributed by atoms with E-state index >= 15 is 0 Å². The van der Waals surface area contributed by atoms with E-state index in [4.69, 9.17) is 4.74 Å². The van der Waals surface area contributed by atoms with Crippen molar-refractivity contribution in [3.05, 3.63) is 76.7 Å². The van der Waals surface area contributed by atoms with Gasteiger partial charge in [-0.1, -0.05) is 95.6 Å². The number of benzene rings is 2. The molecule has 0 spiro atoms. The monoisotopic (exact) mass is 628 g/mol. The summed E-state index contributed by atoms with van der Waals surface area (Å²) in [5.41, 5.74) is 0.527. The van der Waals surface area contributed by atoms with E-state index in [1.807, 2.05) is 13.0 Å². The summed E-state index contributed by atoms with van der Waals surface area (Å²) in [4.78, 5) is 39.2. The van der Waals surface area contributed by atoms with Gasteiger partial charge >= 0.3 is 21.3 Å². The van der Waals surface area contributed by atoms with Gasteiger partial charge in [0, 0.05) is 22.5 Å². The number of carboxylic acids is 1. The molecule has 1 aromatic heterocycles.